The molecule has 2 rings (SSSR count). The van der Waals surface area contributed by atoms with Gasteiger partial charge >= 0.3 is 5.56 Å². The smallest absolute Gasteiger partial charge is 0.318 e. The molecular weight excluding hydrogens is 240 g/mol. The lowest BCUT2D eigenvalue weighted by Gasteiger charge is -2.14. The Morgan fingerprint density at radius 3 is 3.00 bits per heavy atom. The summed E-state index contributed by atoms with van der Waals surface area (Å²) in [6.07, 6.45) is 1.46. The van der Waals surface area contributed by atoms with Crippen LogP contribution in [0, 0.1) is 5.21 Å². The summed E-state index contributed by atoms with van der Waals surface area (Å²) in [7, 11) is 0. The highest BCUT2D eigenvalue weighted by Gasteiger charge is 2.35. The van der Waals surface area contributed by atoms with Gasteiger partial charge in [-0.05, 0) is 0 Å². The average molecular weight is 254 g/mol. The van der Waals surface area contributed by atoms with Crippen LogP contribution in [0.3, 0.4) is 0 Å². The zero-order chi connectivity index (χ0) is 13.3. The number of rotatable bonds is 3. The van der Waals surface area contributed by atoms with Crippen LogP contribution in [0.15, 0.2) is 23.8 Å². The maximum absolute atomic E-state index is 11.7. The van der Waals surface area contributed by atoms with E-state index in [-0.39, 0.29) is 18.7 Å². The molecule has 2 N–H and O–H groups in total. The van der Waals surface area contributed by atoms with Crippen molar-refractivity contribution in [3.05, 3.63) is 40.2 Å². The zero-order valence-corrected chi connectivity index (χ0v) is 9.60. The number of nitrogens with zero attached hydrogens (tertiary/aromatic N) is 2. The van der Waals surface area contributed by atoms with Crippen LogP contribution >= 0.6 is 0 Å². The lowest BCUT2D eigenvalue weighted by Crippen LogP contribution is -2.39. The van der Waals surface area contributed by atoms with Gasteiger partial charge in [-0.2, -0.15) is 4.73 Å². The van der Waals surface area contributed by atoms with Gasteiger partial charge in [0.25, 0.3) is 0 Å². The Hall–Kier alpha value is -1.70. The molecule has 1 aromatic heterocycles. The Labute approximate surface area is 103 Å². The average Bonchev–Trinajstić information content (AvgIpc) is 2.70. The van der Waals surface area contributed by atoms with Crippen molar-refractivity contribution in [2.45, 2.75) is 24.9 Å². The highest BCUT2D eigenvalue weighted by molar-refractivity contribution is 5.35. The lowest BCUT2D eigenvalue weighted by atomic mass is 10.2. The van der Waals surface area contributed by atoms with Crippen molar-refractivity contribution in [2.75, 3.05) is 6.61 Å². The molecule has 7 heteroatoms. The van der Waals surface area contributed by atoms with Crippen molar-refractivity contribution in [3.8, 4) is 0 Å². The number of aromatic nitrogens is 2. The predicted molar refractivity (Wildman–Crippen MR) is 61.4 cm³/mol. The van der Waals surface area contributed by atoms with Gasteiger partial charge in [0, 0.05) is 12.5 Å². The fraction of sp³-hybridized carbons (Fsp3) is 0.455. The highest BCUT2D eigenvalue weighted by Crippen LogP contribution is 2.27. The first-order chi connectivity index (χ1) is 8.56. The van der Waals surface area contributed by atoms with Crippen molar-refractivity contribution in [1.82, 2.24) is 4.57 Å². The van der Waals surface area contributed by atoms with Crippen molar-refractivity contribution in [3.63, 3.8) is 0 Å². The summed E-state index contributed by atoms with van der Waals surface area (Å²) in [6.45, 7) is 3.14. The third-order valence-electron chi connectivity index (χ3n) is 2.91. The molecule has 2 heterocycles. The molecule has 3 atom stereocenters. The number of hydrogen-bond acceptors (Lipinski definition) is 5. The molecular formula is C11H14N2O5. The molecule has 0 amide bonds. The van der Waals surface area contributed by atoms with Crippen LogP contribution in [-0.2, 0) is 4.74 Å². The Bertz CT molecular complexity index is 513. The molecule has 0 bridgehead atoms. The van der Waals surface area contributed by atoms with Crippen molar-refractivity contribution in [2.24, 2.45) is 0 Å². The molecule has 1 saturated heterocycles. The van der Waals surface area contributed by atoms with E-state index >= 15 is 0 Å². The molecule has 7 nitrogen and oxygen atoms in total. The number of aliphatic hydroxyl groups is 2. The summed E-state index contributed by atoms with van der Waals surface area (Å²) < 4.78 is 6.98. The molecule has 0 aromatic carbocycles. The fourth-order valence-corrected chi connectivity index (χ4v) is 1.92. The Morgan fingerprint density at radius 2 is 2.44 bits per heavy atom. The maximum atomic E-state index is 11.7. The first-order valence-electron chi connectivity index (χ1n) is 5.49. The van der Waals surface area contributed by atoms with Gasteiger partial charge in [-0.15, -0.1) is 0 Å². The molecule has 1 aromatic rings. The second kappa shape index (κ2) is 4.89. The first kappa shape index (κ1) is 12.7. The third-order valence-corrected chi connectivity index (χ3v) is 2.91. The maximum Gasteiger partial charge on any atom is 0.318 e. The first-order valence-corrected chi connectivity index (χ1v) is 5.49. The molecule has 98 valence electrons. The molecule has 0 spiro atoms. The Kier molecular flexibility index (Phi) is 3.46. The monoisotopic (exact) mass is 254 g/mol. The van der Waals surface area contributed by atoms with E-state index in [0.29, 0.717) is 4.73 Å². The van der Waals surface area contributed by atoms with Crippen LogP contribution in [0.25, 0.3) is 6.08 Å². The molecule has 0 radical (unpaired) electrons. The highest BCUT2D eigenvalue weighted by atomic mass is 16.5. The second-order valence-corrected chi connectivity index (χ2v) is 4.07. The van der Waals surface area contributed by atoms with Crippen LogP contribution in [0.1, 0.15) is 18.3 Å². The van der Waals surface area contributed by atoms with E-state index in [1.165, 1.54) is 16.8 Å². The Balaban J connectivity index is 2.35. The van der Waals surface area contributed by atoms with E-state index < -0.39 is 24.0 Å². The number of ether oxygens (including phenoxy) is 1. The fourth-order valence-electron chi connectivity index (χ4n) is 1.92. The summed E-state index contributed by atoms with van der Waals surface area (Å²) in [5, 5.41) is 29.9. The van der Waals surface area contributed by atoms with E-state index in [1.807, 2.05) is 0 Å². The van der Waals surface area contributed by atoms with Crippen LogP contribution in [-0.4, -0.2) is 33.6 Å². The summed E-state index contributed by atoms with van der Waals surface area (Å²) >= 11 is 0. The molecule has 0 unspecified atom stereocenters. The van der Waals surface area contributed by atoms with Gasteiger partial charge in [0.15, 0.2) is 0 Å². The van der Waals surface area contributed by atoms with Crippen LogP contribution < -0.4 is 10.3 Å². The van der Waals surface area contributed by atoms with Gasteiger partial charge in [-0.25, -0.2) is 0 Å². The van der Waals surface area contributed by atoms with E-state index in [4.69, 9.17) is 9.84 Å². The van der Waals surface area contributed by atoms with E-state index in [1.54, 1.807) is 0 Å². The molecule has 0 saturated carbocycles. The van der Waals surface area contributed by atoms with Crippen molar-refractivity contribution < 1.29 is 19.7 Å². The summed E-state index contributed by atoms with van der Waals surface area (Å²) in [5.41, 5.74) is -0.327. The quantitative estimate of drug-likeness (QED) is 0.519. The zero-order valence-electron chi connectivity index (χ0n) is 9.60. The summed E-state index contributed by atoms with van der Waals surface area (Å²) in [4.78, 5) is 11.7. The largest absolute Gasteiger partial charge is 0.618 e. The van der Waals surface area contributed by atoms with Crippen molar-refractivity contribution in [1.29, 1.82) is 0 Å². The summed E-state index contributed by atoms with van der Waals surface area (Å²) in [5.74, 6) is 0. The molecule has 1 aliphatic rings. The molecule has 1 aliphatic heterocycles. The van der Waals surface area contributed by atoms with Crippen LogP contribution in [0.2, 0.25) is 0 Å². The third kappa shape index (κ3) is 2.15. The predicted octanol–water partition coefficient (Wildman–Crippen LogP) is -1.23. The molecule has 18 heavy (non-hydrogen) atoms. The normalized spacial score (nSPS) is 27.3. The van der Waals surface area contributed by atoms with Gasteiger partial charge in [0.2, 0.25) is 11.9 Å². The Morgan fingerprint density at radius 1 is 1.72 bits per heavy atom. The number of aliphatic hydroxyl groups excluding tert-OH is 2. The molecule has 0 aliphatic carbocycles. The minimum atomic E-state index is -0.835. The minimum Gasteiger partial charge on any atom is -0.618 e. The van der Waals surface area contributed by atoms with E-state index in [2.05, 4.69) is 6.58 Å². The van der Waals surface area contributed by atoms with Crippen molar-refractivity contribution >= 4 is 6.08 Å². The minimum absolute atomic E-state index is 0.185. The van der Waals surface area contributed by atoms with E-state index in [0.717, 1.165) is 6.20 Å². The van der Waals surface area contributed by atoms with Crippen LogP contribution in [0.5, 0.6) is 0 Å². The van der Waals surface area contributed by atoms with Gasteiger partial charge in [-0.3, -0.25) is 9.36 Å². The lowest BCUT2D eigenvalue weighted by molar-refractivity contribution is -0.609. The second-order valence-electron chi connectivity index (χ2n) is 4.07. The van der Waals surface area contributed by atoms with E-state index in [9.17, 15) is 15.1 Å². The van der Waals surface area contributed by atoms with Gasteiger partial charge in [-0.1, -0.05) is 6.58 Å². The number of hydrogen-bond donors (Lipinski definition) is 2. The van der Waals surface area contributed by atoms with Crippen LogP contribution in [0.4, 0.5) is 0 Å². The summed E-state index contributed by atoms with van der Waals surface area (Å²) in [6, 6.07) is 0. The van der Waals surface area contributed by atoms with Gasteiger partial charge < -0.3 is 20.2 Å². The standard InChI is InChI=1S/C11H14N2O5/c1-2-7-4-12(10(16)5-13(7)17)11-3-8(15)9(6-14)18-11/h2,4-5,8-9,11,14-15H,1,3,6H2/t8-,9+,11+/m0/s1. The van der Waals surface area contributed by atoms with Gasteiger partial charge in [0.05, 0.1) is 18.9 Å². The topological polar surface area (TPSA) is 98.6 Å². The molecule has 1 fully saturated rings. The van der Waals surface area contributed by atoms with Gasteiger partial charge in [0.1, 0.15) is 12.3 Å². The SMILES string of the molecule is C=Cc1cn([C@H]2C[C@H](O)[C@@H](CO)O2)c(=O)c[n+]1[O-].